The topological polar surface area (TPSA) is 95.7 Å². The maximum absolute atomic E-state index is 12.7. The third-order valence-electron chi connectivity index (χ3n) is 5.29. The number of nitrogens with zero attached hydrogens (tertiary/aromatic N) is 2. The van der Waals surface area contributed by atoms with E-state index in [0.717, 1.165) is 21.6 Å². The SMILES string of the molecule is Cc1ccccc1C(=O)N1CCN(CC(=O)Nc2sc(C)c(C)c2C(N)=O)CC1. The highest BCUT2D eigenvalue weighted by Crippen LogP contribution is 2.32. The van der Waals surface area contributed by atoms with Gasteiger partial charge in [0.2, 0.25) is 5.91 Å². The minimum absolute atomic E-state index is 0.0304. The van der Waals surface area contributed by atoms with E-state index < -0.39 is 5.91 Å². The van der Waals surface area contributed by atoms with E-state index in [1.165, 1.54) is 11.3 Å². The van der Waals surface area contributed by atoms with Gasteiger partial charge < -0.3 is 16.0 Å². The molecule has 7 nitrogen and oxygen atoms in total. The van der Waals surface area contributed by atoms with Gasteiger partial charge in [0.25, 0.3) is 11.8 Å². The fraction of sp³-hybridized carbons (Fsp3) is 0.381. The van der Waals surface area contributed by atoms with Crippen LogP contribution in [0.4, 0.5) is 5.00 Å². The van der Waals surface area contributed by atoms with Gasteiger partial charge in [-0.25, -0.2) is 0 Å². The van der Waals surface area contributed by atoms with Crippen LogP contribution in [0.1, 0.15) is 36.7 Å². The van der Waals surface area contributed by atoms with Gasteiger partial charge in [0.15, 0.2) is 0 Å². The van der Waals surface area contributed by atoms with Crippen molar-refractivity contribution in [2.24, 2.45) is 5.73 Å². The number of hydrogen-bond donors (Lipinski definition) is 2. The monoisotopic (exact) mass is 414 g/mol. The molecule has 8 heteroatoms. The van der Waals surface area contributed by atoms with Gasteiger partial charge in [-0.1, -0.05) is 18.2 Å². The number of carbonyl (C=O) groups is 3. The van der Waals surface area contributed by atoms with Crippen LogP contribution in [0, 0.1) is 20.8 Å². The van der Waals surface area contributed by atoms with Crippen molar-refractivity contribution < 1.29 is 14.4 Å². The van der Waals surface area contributed by atoms with Crippen LogP contribution < -0.4 is 11.1 Å². The molecule has 29 heavy (non-hydrogen) atoms. The maximum Gasteiger partial charge on any atom is 0.254 e. The van der Waals surface area contributed by atoms with Gasteiger partial charge in [0.05, 0.1) is 12.1 Å². The van der Waals surface area contributed by atoms with Crippen LogP contribution in [0.5, 0.6) is 0 Å². The number of aryl methyl sites for hydroxylation is 2. The molecule has 1 aromatic carbocycles. The normalized spacial score (nSPS) is 14.7. The third kappa shape index (κ3) is 4.65. The molecule has 154 valence electrons. The van der Waals surface area contributed by atoms with E-state index >= 15 is 0 Å². The zero-order chi connectivity index (χ0) is 21.1. The van der Waals surface area contributed by atoms with E-state index in [0.29, 0.717) is 36.7 Å². The van der Waals surface area contributed by atoms with Gasteiger partial charge in [0.1, 0.15) is 5.00 Å². The first-order chi connectivity index (χ1) is 13.8. The Bertz CT molecular complexity index is 945. The average Bonchev–Trinajstić information content (AvgIpc) is 2.95. The Kier molecular flexibility index (Phi) is 6.34. The minimum Gasteiger partial charge on any atom is -0.365 e. The standard InChI is InChI=1S/C21H26N4O3S/c1-13-6-4-5-7-16(13)21(28)25-10-8-24(9-11-25)12-17(26)23-20-18(19(22)27)14(2)15(3)29-20/h4-7H,8-12H2,1-3H3,(H2,22,27)(H,23,26). The number of nitrogens with two attached hydrogens (primary N) is 1. The predicted octanol–water partition coefficient (Wildman–Crippen LogP) is 2.17. The Hall–Kier alpha value is -2.71. The van der Waals surface area contributed by atoms with E-state index in [4.69, 9.17) is 5.73 Å². The highest BCUT2D eigenvalue weighted by Gasteiger charge is 2.25. The molecular weight excluding hydrogens is 388 g/mol. The Balaban J connectivity index is 1.55. The van der Waals surface area contributed by atoms with Crippen molar-refractivity contribution in [3.05, 3.63) is 51.4 Å². The quantitative estimate of drug-likeness (QED) is 0.784. The molecule has 0 radical (unpaired) electrons. The molecule has 2 heterocycles. The van der Waals surface area contributed by atoms with Crippen LogP contribution in [-0.4, -0.2) is 60.2 Å². The predicted molar refractivity (Wildman–Crippen MR) is 114 cm³/mol. The second-order valence-corrected chi connectivity index (χ2v) is 8.51. The second-order valence-electron chi connectivity index (χ2n) is 7.28. The highest BCUT2D eigenvalue weighted by molar-refractivity contribution is 7.16. The molecule has 1 fully saturated rings. The number of nitrogens with one attached hydrogen (secondary N) is 1. The van der Waals surface area contributed by atoms with Crippen molar-refractivity contribution in [2.75, 3.05) is 38.0 Å². The molecule has 2 aromatic rings. The number of benzene rings is 1. The fourth-order valence-electron chi connectivity index (χ4n) is 3.47. The van der Waals surface area contributed by atoms with Gasteiger partial charge in [-0.15, -0.1) is 11.3 Å². The zero-order valence-corrected chi connectivity index (χ0v) is 17.8. The van der Waals surface area contributed by atoms with Crippen molar-refractivity contribution in [3.8, 4) is 0 Å². The number of primary amides is 1. The number of rotatable bonds is 5. The summed E-state index contributed by atoms with van der Waals surface area (Å²) in [5.74, 6) is -0.694. The number of thiophene rings is 1. The summed E-state index contributed by atoms with van der Waals surface area (Å²) in [5.41, 5.74) is 8.34. The molecule has 0 saturated carbocycles. The largest absolute Gasteiger partial charge is 0.365 e. The Morgan fingerprint density at radius 3 is 2.34 bits per heavy atom. The van der Waals surface area contributed by atoms with Crippen LogP contribution in [-0.2, 0) is 4.79 Å². The first-order valence-corrected chi connectivity index (χ1v) is 10.4. The molecule has 0 atom stereocenters. The van der Waals surface area contributed by atoms with E-state index in [1.54, 1.807) is 0 Å². The van der Waals surface area contributed by atoms with Crippen molar-refractivity contribution in [1.29, 1.82) is 0 Å². The molecule has 3 rings (SSSR count). The third-order valence-corrected chi connectivity index (χ3v) is 6.41. The molecule has 1 aliphatic rings. The Labute approximate surface area is 174 Å². The van der Waals surface area contributed by atoms with Crippen molar-refractivity contribution in [3.63, 3.8) is 0 Å². The summed E-state index contributed by atoms with van der Waals surface area (Å²) in [6, 6.07) is 7.57. The zero-order valence-electron chi connectivity index (χ0n) is 16.9. The summed E-state index contributed by atoms with van der Waals surface area (Å²) < 4.78 is 0. The van der Waals surface area contributed by atoms with Gasteiger partial charge >= 0.3 is 0 Å². The molecule has 1 saturated heterocycles. The second kappa shape index (κ2) is 8.75. The Morgan fingerprint density at radius 1 is 1.07 bits per heavy atom. The number of hydrogen-bond acceptors (Lipinski definition) is 5. The van der Waals surface area contributed by atoms with Crippen molar-refractivity contribution >= 4 is 34.1 Å². The molecule has 0 aliphatic carbocycles. The number of piperazine rings is 1. The lowest BCUT2D eigenvalue weighted by molar-refractivity contribution is -0.117. The van der Waals surface area contributed by atoms with E-state index in [2.05, 4.69) is 5.32 Å². The van der Waals surface area contributed by atoms with Gasteiger partial charge in [-0.05, 0) is 38.0 Å². The lowest BCUT2D eigenvalue weighted by Crippen LogP contribution is -2.50. The number of amides is 3. The summed E-state index contributed by atoms with van der Waals surface area (Å²) in [7, 11) is 0. The molecule has 3 amide bonds. The summed E-state index contributed by atoms with van der Waals surface area (Å²) in [6.07, 6.45) is 0. The Morgan fingerprint density at radius 2 is 1.72 bits per heavy atom. The van der Waals surface area contributed by atoms with Crippen LogP contribution in [0.3, 0.4) is 0 Å². The number of carbonyl (C=O) groups excluding carboxylic acids is 3. The molecule has 1 aromatic heterocycles. The molecule has 0 spiro atoms. The molecule has 0 bridgehead atoms. The smallest absolute Gasteiger partial charge is 0.254 e. The van der Waals surface area contributed by atoms with Crippen LogP contribution in [0.2, 0.25) is 0 Å². The summed E-state index contributed by atoms with van der Waals surface area (Å²) in [5, 5.41) is 3.33. The lowest BCUT2D eigenvalue weighted by atomic mass is 10.1. The van der Waals surface area contributed by atoms with Crippen molar-refractivity contribution in [1.82, 2.24) is 9.80 Å². The first-order valence-electron chi connectivity index (χ1n) is 9.54. The lowest BCUT2D eigenvalue weighted by Gasteiger charge is -2.34. The van der Waals surface area contributed by atoms with Gasteiger partial charge in [-0.3, -0.25) is 19.3 Å². The molecule has 0 unspecified atom stereocenters. The van der Waals surface area contributed by atoms with Crippen LogP contribution in [0.15, 0.2) is 24.3 Å². The maximum atomic E-state index is 12.7. The summed E-state index contributed by atoms with van der Waals surface area (Å²) >= 11 is 1.36. The average molecular weight is 415 g/mol. The molecular formula is C21H26N4O3S. The van der Waals surface area contributed by atoms with Gasteiger partial charge in [0, 0.05) is 36.6 Å². The van der Waals surface area contributed by atoms with E-state index in [1.807, 2.05) is 54.8 Å². The first kappa shape index (κ1) is 21.0. The molecule has 3 N–H and O–H groups in total. The highest BCUT2D eigenvalue weighted by atomic mass is 32.1. The minimum atomic E-state index is -0.537. The van der Waals surface area contributed by atoms with Crippen LogP contribution in [0.25, 0.3) is 0 Å². The van der Waals surface area contributed by atoms with Gasteiger partial charge in [-0.2, -0.15) is 0 Å². The summed E-state index contributed by atoms with van der Waals surface area (Å²) in [4.78, 5) is 41.7. The van der Waals surface area contributed by atoms with Crippen LogP contribution >= 0.6 is 11.3 Å². The molecule has 1 aliphatic heterocycles. The summed E-state index contributed by atoms with van der Waals surface area (Å²) in [6.45, 7) is 8.25. The van der Waals surface area contributed by atoms with E-state index in [-0.39, 0.29) is 18.4 Å². The van der Waals surface area contributed by atoms with Crippen molar-refractivity contribution in [2.45, 2.75) is 20.8 Å². The fourth-order valence-corrected chi connectivity index (χ4v) is 4.56. The number of anilines is 1. The van der Waals surface area contributed by atoms with E-state index in [9.17, 15) is 14.4 Å².